The number of furan rings is 1. The van der Waals surface area contributed by atoms with E-state index in [0.717, 1.165) is 44.3 Å². The van der Waals surface area contributed by atoms with Crippen molar-refractivity contribution in [2.75, 3.05) is 5.32 Å². The van der Waals surface area contributed by atoms with Gasteiger partial charge in [0.2, 0.25) is 0 Å². The van der Waals surface area contributed by atoms with Gasteiger partial charge in [0.15, 0.2) is 0 Å². The first kappa shape index (κ1) is 27.9. The van der Waals surface area contributed by atoms with Crippen molar-refractivity contribution in [2.45, 2.75) is 0 Å². The highest BCUT2D eigenvalue weighted by Crippen LogP contribution is 2.48. The third-order valence-electron chi connectivity index (χ3n) is 9.27. The van der Waals surface area contributed by atoms with Crippen molar-refractivity contribution in [1.29, 1.82) is 0 Å². The molecule has 0 aliphatic carbocycles. The van der Waals surface area contributed by atoms with E-state index in [0.29, 0.717) is 0 Å². The minimum absolute atomic E-state index is 0.904. The molecule has 0 saturated heterocycles. The van der Waals surface area contributed by atoms with Crippen molar-refractivity contribution in [2.24, 2.45) is 0 Å². The molecule has 0 atom stereocenters. The molecule has 0 saturated carbocycles. The molecule has 9 rings (SSSR count). The van der Waals surface area contributed by atoms with E-state index in [4.69, 9.17) is 4.42 Å². The average molecular weight is 614 g/mol. The SMILES string of the molecule is c1ccc(-c2ccc(Nc3ccc(-c4ccc(-c5c(-c6ccccc6)c6ccccc6c6oc7ccccc7c56)cc4)cc3)cc2)cc1. The highest BCUT2D eigenvalue weighted by atomic mass is 16.3. The fourth-order valence-electron chi connectivity index (χ4n) is 6.95. The molecular weight excluding hydrogens is 583 g/mol. The summed E-state index contributed by atoms with van der Waals surface area (Å²) in [5, 5.41) is 8.15. The van der Waals surface area contributed by atoms with Gasteiger partial charge in [-0.3, -0.25) is 0 Å². The van der Waals surface area contributed by atoms with E-state index >= 15 is 0 Å². The zero-order valence-electron chi connectivity index (χ0n) is 26.2. The Balaban J connectivity index is 1.09. The van der Waals surface area contributed by atoms with E-state index in [1.807, 2.05) is 12.1 Å². The van der Waals surface area contributed by atoms with Crippen LogP contribution in [0.4, 0.5) is 11.4 Å². The Bertz CT molecular complexity index is 2530. The van der Waals surface area contributed by atoms with Gasteiger partial charge in [0, 0.05) is 33.1 Å². The topological polar surface area (TPSA) is 25.2 Å². The standard InChI is InChI=1S/C46H31NO/c1-3-11-31(12-4-1)33-23-27-37(28-24-33)47-38-29-25-34(26-30-38)32-19-21-36(22-20-32)44-43(35-13-5-2-6-14-35)39-15-7-8-16-40(39)46-45(44)41-17-9-10-18-42(41)48-46/h1-30,47H. The monoisotopic (exact) mass is 613 g/mol. The Kier molecular flexibility index (Phi) is 6.84. The molecule has 8 aromatic carbocycles. The van der Waals surface area contributed by atoms with Crippen LogP contribution in [0.3, 0.4) is 0 Å². The second-order valence-electron chi connectivity index (χ2n) is 12.2. The van der Waals surface area contributed by atoms with Gasteiger partial charge in [0.05, 0.1) is 0 Å². The number of fused-ring (bicyclic) bond motifs is 5. The van der Waals surface area contributed by atoms with Crippen LogP contribution in [0, 0.1) is 0 Å². The van der Waals surface area contributed by atoms with Crippen LogP contribution in [0.5, 0.6) is 0 Å². The first-order chi connectivity index (χ1) is 23.8. The Labute approximate surface area is 279 Å². The quantitative estimate of drug-likeness (QED) is 0.202. The van der Waals surface area contributed by atoms with Crippen molar-refractivity contribution in [3.8, 4) is 44.5 Å². The lowest BCUT2D eigenvalue weighted by Crippen LogP contribution is -1.91. The Morgan fingerprint density at radius 1 is 0.312 bits per heavy atom. The molecule has 48 heavy (non-hydrogen) atoms. The summed E-state index contributed by atoms with van der Waals surface area (Å²) in [4.78, 5) is 0. The fourth-order valence-corrected chi connectivity index (χ4v) is 6.95. The van der Waals surface area contributed by atoms with Crippen molar-refractivity contribution >= 4 is 44.1 Å². The number of hydrogen-bond donors (Lipinski definition) is 1. The van der Waals surface area contributed by atoms with Crippen LogP contribution in [0.2, 0.25) is 0 Å². The van der Waals surface area contributed by atoms with Crippen LogP contribution in [0.15, 0.2) is 186 Å². The van der Waals surface area contributed by atoms with E-state index < -0.39 is 0 Å². The highest BCUT2D eigenvalue weighted by Gasteiger charge is 2.22. The Morgan fingerprint density at radius 2 is 0.729 bits per heavy atom. The van der Waals surface area contributed by atoms with Gasteiger partial charge < -0.3 is 9.73 Å². The summed E-state index contributed by atoms with van der Waals surface area (Å²) in [6.45, 7) is 0. The summed E-state index contributed by atoms with van der Waals surface area (Å²) in [5.41, 5.74) is 13.5. The molecular formula is C46H31NO. The van der Waals surface area contributed by atoms with Gasteiger partial charge in [0.25, 0.3) is 0 Å². The maximum Gasteiger partial charge on any atom is 0.143 e. The third kappa shape index (κ3) is 4.92. The zero-order chi connectivity index (χ0) is 31.9. The number of anilines is 2. The molecule has 1 aromatic heterocycles. The Hall–Kier alpha value is -6.38. The molecule has 0 unspecified atom stereocenters. The van der Waals surface area contributed by atoms with E-state index in [2.05, 4.69) is 175 Å². The van der Waals surface area contributed by atoms with Gasteiger partial charge in [-0.1, -0.05) is 152 Å². The van der Waals surface area contributed by atoms with Crippen LogP contribution >= 0.6 is 0 Å². The first-order valence-electron chi connectivity index (χ1n) is 16.3. The molecule has 0 aliphatic rings. The number of rotatable bonds is 6. The minimum Gasteiger partial charge on any atom is -0.455 e. The molecule has 9 aromatic rings. The maximum absolute atomic E-state index is 6.59. The molecule has 0 amide bonds. The smallest absolute Gasteiger partial charge is 0.143 e. The molecule has 0 radical (unpaired) electrons. The number of hydrogen-bond acceptors (Lipinski definition) is 2. The molecule has 0 spiro atoms. The second kappa shape index (κ2) is 11.8. The van der Waals surface area contributed by atoms with Crippen LogP contribution < -0.4 is 5.32 Å². The minimum atomic E-state index is 0.904. The van der Waals surface area contributed by atoms with Gasteiger partial charge in [-0.25, -0.2) is 0 Å². The van der Waals surface area contributed by atoms with Crippen LogP contribution in [-0.2, 0) is 0 Å². The molecule has 2 nitrogen and oxygen atoms in total. The predicted octanol–water partition coefficient (Wildman–Crippen LogP) is 13.2. The van der Waals surface area contributed by atoms with E-state index in [1.165, 1.54) is 44.3 Å². The van der Waals surface area contributed by atoms with Gasteiger partial charge in [-0.2, -0.15) is 0 Å². The fraction of sp³-hybridized carbons (Fsp3) is 0. The predicted molar refractivity (Wildman–Crippen MR) is 203 cm³/mol. The summed E-state index contributed by atoms with van der Waals surface area (Å²) in [6, 6.07) is 64.4. The summed E-state index contributed by atoms with van der Waals surface area (Å²) < 4.78 is 6.59. The maximum atomic E-state index is 6.59. The van der Waals surface area contributed by atoms with Crippen molar-refractivity contribution in [1.82, 2.24) is 0 Å². The summed E-state index contributed by atoms with van der Waals surface area (Å²) in [7, 11) is 0. The molecule has 2 heteroatoms. The molecule has 0 aliphatic heterocycles. The zero-order valence-corrected chi connectivity index (χ0v) is 26.2. The summed E-state index contributed by atoms with van der Waals surface area (Å²) in [5.74, 6) is 0. The highest BCUT2D eigenvalue weighted by molar-refractivity contribution is 6.26. The lowest BCUT2D eigenvalue weighted by molar-refractivity contribution is 0.673. The summed E-state index contributed by atoms with van der Waals surface area (Å²) in [6.07, 6.45) is 0. The number of benzene rings is 8. The molecule has 1 heterocycles. The van der Waals surface area contributed by atoms with Gasteiger partial charge in [0.1, 0.15) is 11.2 Å². The Morgan fingerprint density at radius 3 is 1.33 bits per heavy atom. The molecule has 0 bridgehead atoms. The van der Waals surface area contributed by atoms with Crippen molar-refractivity contribution in [3.63, 3.8) is 0 Å². The largest absolute Gasteiger partial charge is 0.455 e. The average Bonchev–Trinajstić information content (AvgIpc) is 3.56. The summed E-state index contributed by atoms with van der Waals surface area (Å²) >= 11 is 0. The van der Waals surface area contributed by atoms with Gasteiger partial charge >= 0.3 is 0 Å². The van der Waals surface area contributed by atoms with Gasteiger partial charge in [-0.15, -0.1) is 0 Å². The van der Waals surface area contributed by atoms with Gasteiger partial charge in [-0.05, 0) is 74.7 Å². The van der Waals surface area contributed by atoms with Crippen molar-refractivity contribution in [3.05, 3.63) is 182 Å². The lowest BCUT2D eigenvalue weighted by atomic mass is 9.86. The van der Waals surface area contributed by atoms with E-state index in [-0.39, 0.29) is 0 Å². The third-order valence-corrected chi connectivity index (χ3v) is 9.27. The number of para-hydroxylation sites is 1. The lowest BCUT2D eigenvalue weighted by Gasteiger charge is -2.17. The first-order valence-corrected chi connectivity index (χ1v) is 16.3. The molecule has 226 valence electrons. The van der Waals surface area contributed by atoms with Crippen LogP contribution in [-0.4, -0.2) is 0 Å². The second-order valence-corrected chi connectivity index (χ2v) is 12.2. The molecule has 1 N–H and O–H groups in total. The van der Waals surface area contributed by atoms with Crippen LogP contribution in [0.1, 0.15) is 0 Å². The number of nitrogens with one attached hydrogen (secondary N) is 1. The normalized spacial score (nSPS) is 11.3. The van der Waals surface area contributed by atoms with E-state index in [1.54, 1.807) is 0 Å². The van der Waals surface area contributed by atoms with Crippen LogP contribution in [0.25, 0.3) is 77.2 Å². The van der Waals surface area contributed by atoms with Crippen molar-refractivity contribution < 1.29 is 4.42 Å². The van der Waals surface area contributed by atoms with E-state index in [9.17, 15) is 0 Å². The molecule has 0 fully saturated rings.